The predicted octanol–water partition coefficient (Wildman–Crippen LogP) is 3.46. The molecule has 1 aromatic carbocycles. The molecule has 1 atom stereocenters. The van der Waals surface area contributed by atoms with Gasteiger partial charge in [0.1, 0.15) is 0 Å². The van der Waals surface area contributed by atoms with Gasteiger partial charge in [-0.1, -0.05) is 23.7 Å². The number of carbonyl (C=O) groups is 1. The van der Waals surface area contributed by atoms with Crippen molar-refractivity contribution in [2.24, 2.45) is 0 Å². The van der Waals surface area contributed by atoms with Gasteiger partial charge in [-0.3, -0.25) is 4.79 Å². The third-order valence-corrected chi connectivity index (χ3v) is 4.57. The SMILES string of the molecule is CC(C)(C)NCC(=O)N1CCn2cccc2[C@H]1c1ccc(Cl)cc1. The Bertz CT molecular complexity index is 715. The van der Waals surface area contributed by atoms with Crippen molar-refractivity contribution in [1.82, 2.24) is 14.8 Å². The molecule has 1 aromatic heterocycles. The van der Waals surface area contributed by atoms with Crippen LogP contribution < -0.4 is 5.32 Å². The van der Waals surface area contributed by atoms with Gasteiger partial charge in [-0.2, -0.15) is 0 Å². The first kappa shape index (κ1) is 17.1. The third kappa shape index (κ3) is 3.65. The molecule has 2 aromatic rings. The minimum absolute atomic E-state index is 0.0692. The van der Waals surface area contributed by atoms with E-state index in [4.69, 9.17) is 11.6 Å². The molecule has 0 bridgehead atoms. The Morgan fingerprint density at radius 1 is 1.21 bits per heavy atom. The van der Waals surface area contributed by atoms with Gasteiger partial charge >= 0.3 is 0 Å². The first-order chi connectivity index (χ1) is 11.3. The number of carbonyl (C=O) groups excluding carboxylic acids is 1. The molecule has 1 aliphatic heterocycles. The van der Waals surface area contributed by atoms with Crippen LogP contribution in [0.25, 0.3) is 0 Å². The second-order valence-electron chi connectivity index (χ2n) is 7.27. The maximum Gasteiger partial charge on any atom is 0.237 e. The van der Waals surface area contributed by atoms with Crippen LogP contribution in [0.1, 0.15) is 38.1 Å². The van der Waals surface area contributed by atoms with Crippen molar-refractivity contribution < 1.29 is 4.79 Å². The maximum atomic E-state index is 12.9. The number of benzene rings is 1. The van der Waals surface area contributed by atoms with E-state index in [2.05, 4.69) is 42.9 Å². The number of hydrogen-bond acceptors (Lipinski definition) is 2. The molecule has 5 heteroatoms. The molecule has 1 amide bonds. The average molecular weight is 346 g/mol. The van der Waals surface area contributed by atoms with Crippen LogP contribution in [-0.4, -0.2) is 34.0 Å². The first-order valence-corrected chi connectivity index (χ1v) is 8.68. The average Bonchev–Trinajstić information content (AvgIpc) is 3.00. The van der Waals surface area contributed by atoms with Gasteiger partial charge in [0.25, 0.3) is 0 Å². The van der Waals surface area contributed by atoms with Crippen molar-refractivity contribution in [1.29, 1.82) is 0 Å². The van der Waals surface area contributed by atoms with E-state index in [1.165, 1.54) is 0 Å². The largest absolute Gasteiger partial charge is 0.348 e. The van der Waals surface area contributed by atoms with Crippen molar-refractivity contribution in [3.63, 3.8) is 0 Å². The first-order valence-electron chi connectivity index (χ1n) is 8.30. The molecule has 2 heterocycles. The van der Waals surface area contributed by atoms with Crippen LogP contribution in [0.2, 0.25) is 5.02 Å². The Balaban J connectivity index is 1.90. The van der Waals surface area contributed by atoms with E-state index in [-0.39, 0.29) is 17.5 Å². The fraction of sp³-hybridized carbons (Fsp3) is 0.421. The topological polar surface area (TPSA) is 37.3 Å². The Morgan fingerprint density at radius 2 is 1.92 bits per heavy atom. The molecule has 0 saturated heterocycles. The lowest BCUT2D eigenvalue weighted by Crippen LogP contribution is -2.49. The molecular weight excluding hydrogens is 322 g/mol. The van der Waals surface area contributed by atoms with Crippen LogP contribution in [0.5, 0.6) is 0 Å². The molecule has 4 nitrogen and oxygen atoms in total. The zero-order chi connectivity index (χ0) is 17.3. The second-order valence-corrected chi connectivity index (χ2v) is 7.71. The van der Waals surface area contributed by atoms with E-state index < -0.39 is 0 Å². The Kier molecular flexibility index (Phi) is 4.70. The fourth-order valence-electron chi connectivity index (χ4n) is 3.09. The van der Waals surface area contributed by atoms with E-state index in [9.17, 15) is 4.79 Å². The van der Waals surface area contributed by atoms with Crippen molar-refractivity contribution in [2.45, 2.75) is 38.9 Å². The van der Waals surface area contributed by atoms with Gasteiger partial charge in [0, 0.05) is 35.5 Å². The number of nitrogens with one attached hydrogen (secondary N) is 1. The van der Waals surface area contributed by atoms with E-state index in [1.807, 2.05) is 35.2 Å². The highest BCUT2D eigenvalue weighted by molar-refractivity contribution is 6.30. The van der Waals surface area contributed by atoms with Gasteiger partial charge in [-0.15, -0.1) is 0 Å². The summed E-state index contributed by atoms with van der Waals surface area (Å²) in [5.41, 5.74) is 2.15. The molecule has 0 aliphatic carbocycles. The van der Waals surface area contributed by atoms with Crippen molar-refractivity contribution in [2.75, 3.05) is 13.1 Å². The third-order valence-electron chi connectivity index (χ3n) is 4.31. The van der Waals surface area contributed by atoms with Crippen molar-refractivity contribution in [3.05, 3.63) is 58.9 Å². The monoisotopic (exact) mass is 345 g/mol. The Labute approximate surface area is 148 Å². The van der Waals surface area contributed by atoms with Gasteiger partial charge < -0.3 is 14.8 Å². The lowest BCUT2D eigenvalue weighted by molar-refractivity contribution is -0.133. The van der Waals surface area contributed by atoms with Crippen LogP contribution in [0.15, 0.2) is 42.6 Å². The fourth-order valence-corrected chi connectivity index (χ4v) is 3.22. The standard InChI is InChI=1S/C19H24ClN3O/c1-19(2,3)21-13-17(24)23-12-11-22-10-4-5-16(22)18(23)14-6-8-15(20)9-7-14/h4-10,18,21H,11-13H2,1-3H3/t18-/m1/s1. The molecule has 128 valence electrons. The lowest BCUT2D eigenvalue weighted by atomic mass is 9.99. The lowest BCUT2D eigenvalue weighted by Gasteiger charge is -2.38. The highest BCUT2D eigenvalue weighted by atomic mass is 35.5. The van der Waals surface area contributed by atoms with E-state index in [0.29, 0.717) is 18.1 Å². The predicted molar refractivity (Wildman–Crippen MR) is 97.2 cm³/mol. The zero-order valence-corrected chi connectivity index (χ0v) is 15.2. The molecule has 0 fully saturated rings. The summed E-state index contributed by atoms with van der Waals surface area (Å²) in [6, 6.07) is 11.8. The Morgan fingerprint density at radius 3 is 2.58 bits per heavy atom. The summed E-state index contributed by atoms with van der Waals surface area (Å²) < 4.78 is 2.22. The van der Waals surface area contributed by atoms with Crippen LogP contribution in [0.3, 0.4) is 0 Å². The van der Waals surface area contributed by atoms with Crippen molar-refractivity contribution in [3.8, 4) is 0 Å². The summed E-state index contributed by atoms with van der Waals surface area (Å²) in [7, 11) is 0. The molecule has 0 radical (unpaired) electrons. The molecule has 0 spiro atoms. The van der Waals surface area contributed by atoms with E-state index >= 15 is 0 Å². The molecular formula is C19H24ClN3O. The smallest absolute Gasteiger partial charge is 0.237 e. The van der Waals surface area contributed by atoms with Gasteiger partial charge in [0.05, 0.1) is 12.6 Å². The molecule has 24 heavy (non-hydrogen) atoms. The number of aromatic nitrogens is 1. The number of amides is 1. The summed E-state index contributed by atoms with van der Waals surface area (Å²) in [5, 5.41) is 4.00. The number of fused-ring (bicyclic) bond motifs is 1. The quantitative estimate of drug-likeness (QED) is 0.925. The van der Waals surface area contributed by atoms with Gasteiger partial charge in [0.2, 0.25) is 5.91 Å². The number of halogens is 1. The van der Waals surface area contributed by atoms with Crippen LogP contribution in [0.4, 0.5) is 0 Å². The van der Waals surface area contributed by atoms with E-state index in [0.717, 1.165) is 17.8 Å². The van der Waals surface area contributed by atoms with Crippen LogP contribution >= 0.6 is 11.6 Å². The minimum Gasteiger partial charge on any atom is -0.348 e. The molecule has 1 N–H and O–H groups in total. The normalized spacial score (nSPS) is 17.7. The summed E-state index contributed by atoms with van der Waals surface area (Å²) in [5.74, 6) is 0.123. The zero-order valence-electron chi connectivity index (χ0n) is 14.4. The highest BCUT2D eigenvalue weighted by Gasteiger charge is 2.32. The van der Waals surface area contributed by atoms with Crippen LogP contribution in [0, 0.1) is 0 Å². The summed E-state index contributed by atoms with van der Waals surface area (Å²) in [6.07, 6.45) is 2.08. The summed E-state index contributed by atoms with van der Waals surface area (Å²) in [6.45, 7) is 8.08. The number of nitrogens with zero attached hydrogens (tertiary/aromatic N) is 2. The molecule has 1 aliphatic rings. The van der Waals surface area contributed by atoms with E-state index in [1.54, 1.807) is 0 Å². The number of hydrogen-bond donors (Lipinski definition) is 1. The molecule has 0 unspecified atom stereocenters. The minimum atomic E-state index is -0.0819. The summed E-state index contributed by atoms with van der Waals surface area (Å²) >= 11 is 6.03. The Hall–Kier alpha value is -1.78. The number of rotatable bonds is 3. The highest BCUT2D eigenvalue weighted by Crippen LogP contribution is 2.33. The molecule has 3 rings (SSSR count). The van der Waals surface area contributed by atoms with Crippen molar-refractivity contribution >= 4 is 17.5 Å². The maximum absolute atomic E-state index is 12.9. The molecule has 0 saturated carbocycles. The van der Waals surface area contributed by atoms with Gasteiger partial charge in [-0.25, -0.2) is 0 Å². The second kappa shape index (κ2) is 6.61. The summed E-state index contributed by atoms with van der Waals surface area (Å²) in [4.78, 5) is 14.8. The van der Waals surface area contributed by atoms with Crippen LogP contribution in [-0.2, 0) is 11.3 Å². The van der Waals surface area contributed by atoms with Gasteiger partial charge in [0.15, 0.2) is 0 Å². The van der Waals surface area contributed by atoms with Gasteiger partial charge in [-0.05, 0) is 50.6 Å².